The average Bonchev–Trinajstić information content (AvgIpc) is 4.02. The number of ether oxygens (including phenoxy) is 1. The molecule has 0 atom stereocenters. The van der Waals surface area contributed by atoms with Gasteiger partial charge in [0.15, 0.2) is 0 Å². The van der Waals surface area contributed by atoms with Gasteiger partial charge in [-0.1, -0.05) is 182 Å². The van der Waals surface area contributed by atoms with Gasteiger partial charge in [0.25, 0.3) is 0 Å². The summed E-state index contributed by atoms with van der Waals surface area (Å²) in [5.74, 6) is 1.40. The van der Waals surface area contributed by atoms with Crippen LogP contribution >= 0.6 is 0 Å². The van der Waals surface area contributed by atoms with Gasteiger partial charge in [0.2, 0.25) is 0 Å². The van der Waals surface area contributed by atoms with E-state index >= 15 is 0 Å². The number of para-hydroxylation sites is 3. The van der Waals surface area contributed by atoms with Crippen LogP contribution in [0.3, 0.4) is 0 Å². The second-order valence-corrected chi connectivity index (χ2v) is 21.6. The number of hydrogen-bond donors (Lipinski definition) is 0. The van der Waals surface area contributed by atoms with Crippen molar-refractivity contribution in [1.82, 2.24) is 14.1 Å². The van der Waals surface area contributed by atoms with Crippen LogP contribution in [0.5, 0.6) is 11.5 Å². The Bertz CT molecular complexity index is 4260. The van der Waals surface area contributed by atoms with E-state index in [1.165, 1.54) is 5.56 Å². The first-order valence-electron chi connectivity index (χ1n) is 26.1. The van der Waals surface area contributed by atoms with E-state index in [0.29, 0.717) is 28.4 Å². The minimum atomic E-state index is -1.58. The SMILES string of the molecule is [2H]C([2H])(c1cc(-c2cccc3c4ccccc4c4ccccc4c4cccc5c4n(c23)[CH-]N5c2[c-]c(Oc3[c-]c4c(cc3)c3ccccc3n4-c3cc(C(C)(C)C)ccn3)cc([N+]#[C-])c2)cc(C(C)(C)C)c1)C(C)C.[Pt]. The van der Waals surface area contributed by atoms with E-state index in [1.807, 2.05) is 38.2 Å². The third-order valence-electron chi connectivity index (χ3n) is 14.1. The summed E-state index contributed by atoms with van der Waals surface area (Å²) in [5, 5.41) is 8.58. The van der Waals surface area contributed by atoms with Crippen LogP contribution in [-0.2, 0) is 38.3 Å². The molecule has 0 saturated carbocycles. The second-order valence-electron chi connectivity index (χ2n) is 21.6. The van der Waals surface area contributed by atoms with Crippen molar-refractivity contribution in [2.45, 2.75) is 72.6 Å². The molecular formula is C67H56N5OPt-3. The molecule has 74 heavy (non-hydrogen) atoms. The fourth-order valence-corrected chi connectivity index (χ4v) is 10.6. The number of anilines is 2. The van der Waals surface area contributed by atoms with E-state index < -0.39 is 6.37 Å². The van der Waals surface area contributed by atoms with Crippen LogP contribution in [0.1, 0.15) is 74.8 Å². The van der Waals surface area contributed by atoms with E-state index in [4.69, 9.17) is 16.3 Å². The van der Waals surface area contributed by atoms with Crippen molar-refractivity contribution in [2.24, 2.45) is 5.92 Å². The molecule has 0 N–H and O–H groups in total. The summed E-state index contributed by atoms with van der Waals surface area (Å²) in [6.07, 6.45) is 0.293. The molecule has 0 bridgehead atoms. The van der Waals surface area contributed by atoms with E-state index in [2.05, 4.69) is 219 Å². The Morgan fingerprint density at radius 2 is 1.27 bits per heavy atom. The smallest absolute Gasteiger partial charge is 0.135 e. The molecule has 7 heteroatoms. The Kier molecular flexibility index (Phi) is 11.5. The van der Waals surface area contributed by atoms with Crippen LogP contribution < -0.4 is 9.64 Å². The van der Waals surface area contributed by atoms with Gasteiger partial charge in [-0.05, 0) is 131 Å². The first-order chi connectivity index (χ1) is 36.0. The summed E-state index contributed by atoms with van der Waals surface area (Å²) in [6.45, 7) is 27.6. The van der Waals surface area contributed by atoms with Crippen molar-refractivity contribution in [2.75, 3.05) is 4.90 Å². The average molecular weight is 1140 g/mol. The molecule has 12 rings (SSSR count). The number of fused-ring (bicyclic) bond motifs is 10. The minimum Gasteiger partial charge on any atom is -0.510 e. The van der Waals surface area contributed by atoms with Crippen molar-refractivity contribution in [3.63, 3.8) is 0 Å². The van der Waals surface area contributed by atoms with Gasteiger partial charge in [0.1, 0.15) is 5.82 Å². The van der Waals surface area contributed by atoms with E-state index in [1.54, 1.807) is 6.07 Å². The van der Waals surface area contributed by atoms with Crippen LogP contribution in [0.4, 0.5) is 17.1 Å². The molecule has 0 fully saturated rings. The van der Waals surface area contributed by atoms with Gasteiger partial charge in [0, 0.05) is 52.7 Å². The van der Waals surface area contributed by atoms with E-state index in [9.17, 15) is 2.74 Å². The number of hydrogen-bond acceptors (Lipinski definition) is 3. The minimum absolute atomic E-state index is 0. The number of pyridine rings is 1. The Balaban J connectivity index is 0.00000616. The molecule has 6 nitrogen and oxygen atoms in total. The monoisotopic (exact) mass is 1140 g/mol. The van der Waals surface area contributed by atoms with Crippen LogP contribution in [0, 0.1) is 31.3 Å². The molecule has 0 amide bonds. The molecular weight excluding hydrogens is 1090 g/mol. The zero-order valence-electron chi connectivity index (χ0n) is 44.8. The third-order valence-corrected chi connectivity index (χ3v) is 14.1. The van der Waals surface area contributed by atoms with Crippen LogP contribution in [0.15, 0.2) is 170 Å². The summed E-state index contributed by atoms with van der Waals surface area (Å²) in [7, 11) is 0. The zero-order chi connectivity index (χ0) is 52.1. The Morgan fingerprint density at radius 3 is 1.95 bits per heavy atom. The fraction of sp³-hybridized carbons (Fsp3) is 0.179. The number of nitrogens with zero attached hydrogens (tertiary/aromatic N) is 5. The fourth-order valence-electron chi connectivity index (χ4n) is 10.6. The molecule has 0 radical (unpaired) electrons. The molecule has 368 valence electrons. The number of rotatable bonds is 7. The predicted molar refractivity (Wildman–Crippen MR) is 304 cm³/mol. The molecule has 1 aliphatic rings. The van der Waals surface area contributed by atoms with Crippen molar-refractivity contribution in [1.29, 1.82) is 0 Å². The molecule has 4 heterocycles. The summed E-state index contributed by atoms with van der Waals surface area (Å²) in [4.78, 5) is 11.0. The van der Waals surface area contributed by atoms with Crippen molar-refractivity contribution >= 4 is 82.2 Å². The van der Waals surface area contributed by atoms with Crippen molar-refractivity contribution in [3.05, 3.63) is 217 Å². The van der Waals surface area contributed by atoms with Crippen molar-refractivity contribution < 1.29 is 28.5 Å². The maximum atomic E-state index is 9.39. The van der Waals surface area contributed by atoms with Gasteiger partial charge >= 0.3 is 0 Å². The van der Waals surface area contributed by atoms with Crippen LogP contribution in [-0.4, -0.2) is 14.1 Å². The predicted octanol–water partition coefficient (Wildman–Crippen LogP) is 18.2. The zero-order valence-corrected chi connectivity index (χ0v) is 45.1. The third kappa shape index (κ3) is 8.44. The Morgan fingerprint density at radius 1 is 0.635 bits per heavy atom. The Labute approximate surface area is 451 Å². The standard InChI is InChI=1S/C67H56N5O.Pt/c1-42(2)32-43-33-44(35-46(34-43)67(6,7)8)51-23-16-24-58-54-20-12-10-18-52(54)53-19-11-13-21-55(53)59-25-17-27-61-65(59)71(64(51)58)41-70(61)48-37-47(68-9)38-50(39-48)73-49-28-29-57-56-22-14-15-26-60(56)72(62(57)40-49)63-36-45(30-31-69-63)66(3,4)5;/h10-31,33-38,41-42H,32H2,1-8H3;/q-3;/i32D2;. The molecule has 0 aliphatic carbocycles. The van der Waals surface area contributed by atoms with Gasteiger partial charge in [-0.2, -0.15) is 6.07 Å². The van der Waals surface area contributed by atoms with E-state index in [-0.39, 0.29) is 37.8 Å². The largest absolute Gasteiger partial charge is 0.510 e. The number of aromatic nitrogens is 3. The molecule has 0 unspecified atom stereocenters. The molecule has 8 aromatic carbocycles. The van der Waals surface area contributed by atoms with Gasteiger partial charge in [-0.25, -0.2) is 4.98 Å². The Hall–Kier alpha value is -7.84. The first-order valence-corrected chi connectivity index (χ1v) is 25.1. The molecule has 11 aromatic rings. The van der Waals surface area contributed by atoms with Crippen LogP contribution in [0.25, 0.3) is 86.9 Å². The maximum Gasteiger partial charge on any atom is 0.135 e. The topological polar surface area (TPSA) is 39.6 Å². The quantitative estimate of drug-likeness (QED) is 0.149. The molecule has 0 saturated heterocycles. The normalized spacial score (nSPS) is 13.1. The second kappa shape index (κ2) is 18.6. The first kappa shape index (κ1) is 46.0. The van der Waals surface area contributed by atoms with E-state index in [0.717, 1.165) is 93.4 Å². The van der Waals surface area contributed by atoms with Crippen LogP contribution in [0.2, 0.25) is 0 Å². The van der Waals surface area contributed by atoms with Gasteiger partial charge in [-0.15, -0.1) is 35.7 Å². The van der Waals surface area contributed by atoms with Gasteiger partial charge in [-0.3, -0.25) is 4.85 Å². The summed E-state index contributed by atoms with van der Waals surface area (Å²) in [6, 6.07) is 63.9. The molecule has 1 aliphatic heterocycles. The summed E-state index contributed by atoms with van der Waals surface area (Å²) < 4.78 is 30.0. The summed E-state index contributed by atoms with van der Waals surface area (Å²) >= 11 is 0. The summed E-state index contributed by atoms with van der Waals surface area (Å²) in [5.41, 5.74) is 10.2. The van der Waals surface area contributed by atoms with Gasteiger partial charge < -0.3 is 18.8 Å². The molecule has 0 spiro atoms. The van der Waals surface area contributed by atoms with Crippen molar-refractivity contribution in [3.8, 4) is 28.4 Å². The molecule has 3 aromatic heterocycles. The number of benzene rings is 8. The maximum absolute atomic E-state index is 9.39. The van der Waals surface area contributed by atoms with Gasteiger partial charge in [0.05, 0.1) is 12.3 Å².